The van der Waals surface area contributed by atoms with Crippen LogP contribution < -0.4 is 21.3 Å². The molecule has 0 bridgehead atoms. The van der Waals surface area contributed by atoms with Crippen LogP contribution in [0.4, 0.5) is 16.3 Å². The molecule has 0 radical (unpaired) electrons. The molecule has 2 heterocycles. The summed E-state index contributed by atoms with van der Waals surface area (Å²) in [5, 5.41) is 22.4. The van der Waals surface area contributed by atoms with E-state index >= 15 is 0 Å². The normalized spacial score (nSPS) is 19.0. The quantitative estimate of drug-likeness (QED) is 0.760. The number of nitrogens with one attached hydrogen (secondary N) is 2. The lowest BCUT2D eigenvalue weighted by Crippen LogP contribution is -2.48. The number of urea groups is 1. The molecule has 2 amide bonds. The number of benzene rings is 1. The summed E-state index contributed by atoms with van der Waals surface area (Å²) in [4.78, 5) is 14.2. The van der Waals surface area contributed by atoms with Gasteiger partial charge in [-0.2, -0.15) is 5.26 Å². The maximum Gasteiger partial charge on any atom is 0.319 e. The Kier molecular flexibility index (Phi) is 5.52. The van der Waals surface area contributed by atoms with Gasteiger partial charge in [-0.15, -0.1) is 10.2 Å². The minimum absolute atomic E-state index is 0.211. The van der Waals surface area contributed by atoms with E-state index in [-0.39, 0.29) is 23.8 Å². The summed E-state index contributed by atoms with van der Waals surface area (Å²) in [7, 11) is 0. The van der Waals surface area contributed by atoms with Gasteiger partial charge in [-0.05, 0) is 35.7 Å². The number of anilines is 2. The molecule has 1 aliphatic rings. The number of nitriles is 1. The molecule has 2 aromatic rings. The van der Waals surface area contributed by atoms with Gasteiger partial charge < -0.3 is 21.3 Å². The van der Waals surface area contributed by atoms with Gasteiger partial charge in [0.05, 0.1) is 6.04 Å². The maximum absolute atomic E-state index is 12.3. The third-order valence-corrected chi connectivity index (χ3v) is 4.61. The van der Waals surface area contributed by atoms with Crippen LogP contribution in [0.5, 0.6) is 0 Å². The Balaban J connectivity index is 1.56. The van der Waals surface area contributed by atoms with E-state index in [1.54, 1.807) is 12.1 Å². The first kappa shape index (κ1) is 18.6. The molecule has 1 aliphatic heterocycles. The molecule has 0 unspecified atom stereocenters. The number of carbonyl (C=O) groups is 1. The predicted molar refractivity (Wildman–Crippen MR) is 103 cm³/mol. The van der Waals surface area contributed by atoms with Gasteiger partial charge in [-0.3, -0.25) is 0 Å². The van der Waals surface area contributed by atoms with Crippen molar-refractivity contribution in [2.24, 2.45) is 5.73 Å². The Labute approximate surface area is 158 Å². The highest BCUT2D eigenvalue weighted by atomic mass is 16.2. The largest absolute Gasteiger partial charge is 0.351 e. The molecule has 8 heteroatoms. The van der Waals surface area contributed by atoms with Crippen LogP contribution in [0.15, 0.2) is 36.4 Å². The van der Waals surface area contributed by atoms with Crippen molar-refractivity contribution in [1.29, 1.82) is 5.26 Å². The van der Waals surface area contributed by atoms with Crippen molar-refractivity contribution in [2.75, 3.05) is 23.3 Å². The number of rotatable bonds is 4. The molecule has 2 atom stereocenters. The highest BCUT2D eigenvalue weighted by Gasteiger charge is 2.32. The second-order valence-electron chi connectivity index (χ2n) is 6.94. The molecule has 0 aliphatic carbocycles. The molecule has 1 aromatic heterocycles. The average molecular weight is 365 g/mol. The van der Waals surface area contributed by atoms with Crippen molar-refractivity contribution in [3.8, 4) is 6.07 Å². The van der Waals surface area contributed by atoms with Gasteiger partial charge in [-0.25, -0.2) is 4.79 Å². The Morgan fingerprint density at radius 1 is 1.22 bits per heavy atom. The van der Waals surface area contributed by atoms with E-state index in [1.165, 1.54) is 5.56 Å². The summed E-state index contributed by atoms with van der Waals surface area (Å²) in [5.74, 6) is 1.08. The number of nitrogens with two attached hydrogens (primary N) is 1. The summed E-state index contributed by atoms with van der Waals surface area (Å²) in [6.07, 6.45) is 0. The van der Waals surface area contributed by atoms with Gasteiger partial charge in [0.15, 0.2) is 11.5 Å². The molecule has 1 aromatic carbocycles. The summed E-state index contributed by atoms with van der Waals surface area (Å²) in [6, 6.07) is 12.4. The van der Waals surface area contributed by atoms with Gasteiger partial charge in [0.25, 0.3) is 0 Å². The van der Waals surface area contributed by atoms with Gasteiger partial charge in [0, 0.05) is 24.8 Å². The van der Waals surface area contributed by atoms with Gasteiger partial charge in [-0.1, -0.05) is 26.0 Å². The lowest BCUT2D eigenvalue weighted by atomic mass is 10.0. The van der Waals surface area contributed by atoms with E-state index in [4.69, 9.17) is 11.0 Å². The predicted octanol–water partition coefficient (Wildman–Crippen LogP) is 1.81. The van der Waals surface area contributed by atoms with Crippen LogP contribution >= 0.6 is 0 Å². The van der Waals surface area contributed by atoms with Crippen LogP contribution in [0.1, 0.15) is 31.0 Å². The van der Waals surface area contributed by atoms with Crippen LogP contribution in [-0.4, -0.2) is 41.4 Å². The second-order valence-corrected chi connectivity index (χ2v) is 6.94. The first-order valence-electron chi connectivity index (χ1n) is 8.88. The number of nitrogens with zero attached hydrogens (tertiary/aromatic N) is 4. The van der Waals surface area contributed by atoms with Crippen molar-refractivity contribution in [2.45, 2.75) is 31.8 Å². The Bertz CT molecular complexity index is 827. The van der Waals surface area contributed by atoms with E-state index in [0.29, 0.717) is 24.8 Å². The zero-order valence-corrected chi connectivity index (χ0v) is 15.4. The summed E-state index contributed by atoms with van der Waals surface area (Å²) < 4.78 is 0. The lowest BCUT2D eigenvalue weighted by molar-refractivity contribution is 0.248. The Morgan fingerprint density at radius 3 is 2.56 bits per heavy atom. The molecule has 3 rings (SSSR count). The summed E-state index contributed by atoms with van der Waals surface area (Å²) >= 11 is 0. The van der Waals surface area contributed by atoms with Gasteiger partial charge >= 0.3 is 6.03 Å². The highest BCUT2D eigenvalue weighted by molar-refractivity contribution is 5.89. The fourth-order valence-corrected chi connectivity index (χ4v) is 3.01. The van der Waals surface area contributed by atoms with Crippen molar-refractivity contribution < 1.29 is 4.79 Å². The maximum atomic E-state index is 12.3. The molecule has 1 saturated heterocycles. The molecular weight excluding hydrogens is 342 g/mol. The Hall–Kier alpha value is -3.18. The molecule has 27 heavy (non-hydrogen) atoms. The number of hydrogen-bond donors (Lipinski definition) is 3. The highest BCUT2D eigenvalue weighted by Crippen LogP contribution is 2.18. The second kappa shape index (κ2) is 8.01. The molecule has 0 saturated carbocycles. The van der Waals surface area contributed by atoms with E-state index in [9.17, 15) is 4.79 Å². The van der Waals surface area contributed by atoms with E-state index < -0.39 is 0 Å². The summed E-state index contributed by atoms with van der Waals surface area (Å²) in [6.45, 7) is 5.33. The van der Waals surface area contributed by atoms with Crippen LogP contribution in [0, 0.1) is 11.3 Å². The van der Waals surface area contributed by atoms with Crippen molar-refractivity contribution in [1.82, 2.24) is 15.5 Å². The fraction of sp³-hybridized carbons (Fsp3) is 0.368. The number of hydrogen-bond acceptors (Lipinski definition) is 6. The molecular formula is C19H23N7O. The third kappa shape index (κ3) is 4.51. The minimum atomic E-state index is -0.291. The van der Waals surface area contributed by atoms with E-state index in [2.05, 4.69) is 34.7 Å². The first-order chi connectivity index (χ1) is 13.0. The number of aromatic nitrogens is 2. The van der Waals surface area contributed by atoms with E-state index in [0.717, 1.165) is 5.69 Å². The third-order valence-electron chi connectivity index (χ3n) is 4.61. The molecule has 4 N–H and O–H groups in total. The molecule has 140 valence electrons. The van der Waals surface area contributed by atoms with Crippen molar-refractivity contribution in [3.63, 3.8) is 0 Å². The van der Waals surface area contributed by atoms with Gasteiger partial charge in [0.2, 0.25) is 0 Å². The van der Waals surface area contributed by atoms with Gasteiger partial charge in [0.1, 0.15) is 6.07 Å². The first-order valence-corrected chi connectivity index (χ1v) is 8.88. The summed E-state index contributed by atoms with van der Waals surface area (Å²) in [5.41, 5.74) is 8.39. The van der Waals surface area contributed by atoms with Crippen LogP contribution in [0.3, 0.4) is 0 Å². The SMILES string of the molecule is CC(C)c1ccc(NC(=O)N[C@@H]2CN(c3ccc(C#N)nn3)C[C@@H]2N)cc1. The van der Waals surface area contributed by atoms with Crippen LogP contribution in [-0.2, 0) is 0 Å². The molecule has 8 nitrogen and oxygen atoms in total. The Morgan fingerprint density at radius 2 is 1.96 bits per heavy atom. The van der Waals surface area contributed by atoms with Crippen molar-refractivity contribution >= 4 is 17.5 Å². The number of amides is 2. The topological polar surface area (TPSA) is 120 Å². The number of carbonyl (C=O) groups excluding carboxylic acids is 1. The average Bonchev–Trinajstić information content (AvgIpc) is 3.02. The standard InChI is InChI=1S/C19H23N7O/c1-12(2)13-3-5-14(6-4-13)22-19(27)23-17-11-26(10-16(17)21)18-8-7-15(9-20)24-25-18/h3-8,12,16-17H,10-11,21H2,1-2H3,(H2,22,23,27)/t16-,17+/m0/s1. The lowest BCUT2D eigenvalue weighted by Gasteiger charge is -2.18. The van der Waals surface area contributed by atoms with E-state index in [1.807, 2.05) is 35.2 Å². The molecule has 1 fully saturated rings. The molecule has 0 spiro atoms. The zero-order chi connectivity index (χ0) is 19.4. The van der Waals surface area contributed by atoms with Crippen LogP contribution in [0.25, 0.3) is 0 Å². The minimum Gasteiger partial charge on any atom is -0.351 e. The van der Waals surface area contributed by atoms with Crippen molar-refractivity contribution in [3.05, 3.63) is 47.7 Å². The smallest absolute Gasteiger partial charge is 0.319 e. The zero-order valence-electron chi connectivity index (χ0n) is 15.4. The van der Waals surface area contributed by atoms with Crippen LogP contribution in [0.2, 0.25) is 0 Å². The monoisotopic (exact) mass is 365 g/mol. The fourth-order valence-electron chi connectivity index (χ4n) is 3.01.